The van der Waals surface area contributed by atoms with Crippen molar-refractivity contribution in [3.8, 4) is 17.1 Å². The van der Waals surface area contributed by atoms with Crippen molar-refractivity contribution in [1.82, 2.24) is 9.97 Å². The van der Waals surface area contributed by atoms with Gasteiger partial charge in [-0.2, -0.15) is 0 Å². The van der Waals surface area contributed by atoms with E-state index in [0.29, 0.717) is 33.8 Å². The minimum Gasteiger partial charge on any atom is -0.485 e. The van der Waals surface area contributed by atoms with E-state index in [1.165, 1.54) is 13.2 Å². The predicted octanol–water partition coefficient (Wildman–Crippen LogP) is 3.55. The predicted molar refractivity (Wildman–Crippen MR) is 102 cm³/mol. The first kappa shape index (κ1) is 17.5. The van der Waals surface area contributed by atoms with Crippen LogP contribution in [0.1, 0.15) is 16.3 Å². The summed E-state index contributed by atoms with van der Waals surface area (Å²) in [6.07, 6.45) is 0. The lowest BCUT2D eigenvalue weighted by molar-refractivity contribution is 0.0561. The highest BCUT2D eigenvalue weighted by Gasteiger charge is 2.14. The molecule has 0 bridgehead atoms. The topological polar surface area (TPSA) is 94.4 Å². The Kier molecular flexibility index (Phi) is 4.63. The molecule has 0 aliphatic heterocycles. The van der Waals surface area contributed by atoms with Gasteiger partial charge < -0.3 is 18.9 Å². The van der Waals surface area contributed by atoms with Crippen LogP contribution in [0.25, 0.3) is 22.3 Å². The van der Waals surface area contributed by atoms with Gasteiger partial charge in [-0.3, -0.25) is 4.79 Å². The van der Waals surface area contributed by atoms with E-state index in [2.05, 4.69) is 14.7 Å². The fourth-order valence-corrected chi connectivity index (χ4v) is 2.82. The molecule has 4 rings (SSSR count). The van der Waals surface area contributed by atoms with Crippen LogP contribution in [-0.4, -0.2) is 23.0 Å². The number of aromatic amines is 1. The molecule has 0 radical (unpaired) electrons. The number of carbonyl (C=O) groups excluding carboxylic acids is 1. The maximum Gasteiger partial charge on any atom is 0.373 e. The Morgan fingerprint density at radius 3 is 2.71 bits per heavy atom. The van der Waals surface area contributed by atoms with Crippen LogP contribution in [0.2, 0.25) is 0 Å². The number of nitrogens with one attached hydrogen (secondary N) is 1. The number of hydrogen-bond donors (Lipinski definition) is 1. The fraction of sp³-hybridized carbons (Fsp3) is 0.0952. The highest BCUT2D eigenvalue weighted by molar-refractivity contribution is 5.86. The van der Waals surface area contributed by atoms with Crippen molar-refractivity contribution in [3.63, 3.8) is 0 Å². The number of ether oxygens (including phenoxy) is 2. The maximum absolute atomic E-state index is 12.4. The number of para-hydroxylation sites is 2. The molecule has 0 saturated heterocycles. The van der Waals surface area contributed by atoms with Gasteiger partial charge in [0.2, 0.25) is 5.76 Å². The van der Waals surface area contributed by atoms with Crippen LogP contribution in [0.5, 0.6) is 5.75 Å². The molecule has 1 N–H and O–H groups in total. The largest absolute Gasteiger partial charge is 0.485 e. The minimum absolute atomic E-state index is 0.103. The molecular formula is C21H16N2O5. The smallest absolute Gasteiger partial charge is 0.373 e. The zero-order chi connectivity index (χ0) is 19.5. The van der Waals surface area contributed by atoms with Crippen molar-refractivity contribution in [2.75, 3.05) is 7.11 Å². The molecule has 0 aliphatic carbocycles. The second-order valence-corrected chi connectivity index (χ2v) is 5.97. The number of furan rings is 1. The summed E-state index contributed by atoms with van der Waals surface area (Å²) in [7, 11) is 1.29. The van der Waals surface area contributed by atoms with Crippen molar-refractivity contribution in [2.45, 2.75) is 6.61 Å². The summed E-state index contributed by atoms with van der Waals surface area (Å²) in [6, 6.07) is 17.5. The normalized spacial score (nSPS) is 10.8. The zero-order valence-corrected chi connectivity index (χ0v) is 15.0. The van der Waals surface area contributed by atoms with Crippen LogP contribution in [0, 0.1) is 0 Å². The number of rotatable bonds is 5. The summed E-state index contributed by atoms with van der Waals surface area (Å²) < 4.78 is 15.9. The van der Waals surface area contributed by atoms with E-state index in [4.69, 9.17) is 9.15 Å². The van der Waals surface area contributed by atoms with Crippen LogP contribution >= 0.6 is 0 Å². The number of esters is 1. The Bertz CT molecular complexity index is 1210. The molecule has 7 nitrogen and oxygen atoms in total. The Labute approximate surface area is 159 Å². The van der Waals surface area contributed by atoms with Crippen molar-refractivity contribution in [1.29, 1.82) is 0 Å². The van der Waals surface area contributed by atoms with Crippen molar-refractivity contribution in [2.24, 2.45) is 0 Å². The number of nitrogens with zero attached hydrogens (tertiary/aromatic N) is 1. The Hall–Kier alpha value is -3.87. The molecule has 2 aromatic carbocycles. The molecule has 0 amide bonds. The number of methoxy groups -OCH3 is 1. The summed E-state index contributed by atoms with van der Waals surface area (Å²) in [6.45, 7) is 0.103. The average Bonchev–Trinajstić information content (AvgIpc) is 3.21. The van der Waals surface area contributed by atoms with Gasteiger partial charge in [0.15, 0.2) is 0 Å². The highest BCUT2D eigenvalue weighted by Crippen LogP contribution is 2.28. The molecule has 2 aromatic heterocycles. The molecular weight excluding hydrogens is 360 g/mol. The first-order chi connectivity index (χ1) is 13.7. The lowest BCUT2D eigenvalue weighted by Gasteiger charge is -2.10. The summed E-state index contributed by atoms with van der Waals surface area (Å²) in [5.74, 6) is 0.959. The van der Waals surface area contributed by atoms with Gasteiger partial charge in [0.1, 0.15) is 23.9 Å². The fourth-order valence-electron chi connectivity index (χ4n) is 2.82. The van der Waals surface area contributed by atoms with Crippen LogP contribution in [-0.2, 0) is 11.3 Å². The third-order valence-corrected chi connectivity index (χ3v) is 4.17. The van der Waals surface area contributed by atoms with Gasteiger partial charge in [0.25, 0.3) is 5.56 Å². The van der Waals surface area contributed by atoms with Crippen molar-refractivity contribution < 1.29 is 18.7 Å². The molecule has 2 heterocycles. The van der Waals surface area contributed by atoms with E-state index in [-0.39, 0.29) is 17.9 Å². The summed E-state index contributed by atoms with van der Waals surface area (Å²) in [4.78, 5) is 31.2. The maximum atomic E-state index is 12.4. The Balaban J connectivity index is 1.63. The van der Waals surface area contributed by atoms with Crippen molar-refractivity contribution >= 4 is 16.9 Å². The third-order valence-electron chi connectivity index (χ3n) is 4.17. The average molecular weight is 376 g/mol. The molecule has 0 spiro atoms. The molecule has 7 heteroatoms. The first-order valence-corrected chi connectivity index (χ1v) is 8.54. The van der Waals surface area contributed by atoms with E-state index in [0.717, 1.165) is 0 Å². The van der Waals surface area contributed by atoms with Gasteiger partial charge >= 0.3 is 5.97 Å². The molecule has 0 unspecified atom stereocenters. The van der Waals surface area contributed by atoms with Crippen molar-refractivity contribution in [3.05, 3.63) is 82.5 Å². The van der Waals surface area contributed by atoms with Gasteiger partial charge in [0.05, 0.1) is 23.6 Å². The van der Waals surface area contributed by atoms with Gasteiger partial charge in [-0.25, -0.2) is 9.78 Å². The first-order valence-electron chi connectivity index (χ1n) is 8.54. The van der Waals surface area contributed by atoms with Gasteiger partial charge in [-0.15, -0.1) is 0 Å². The lowest BCUT2D eigenvalue weighted by atomic mass is 10.1. The monoisotopic (exact) mass is 376 g/mol. The molecule has 140 valence electrons. The van der Waals surface area contributed by atoms with Gasteiger partial charge in [-0.1, -0.05) is 24.3 Å². The number of H-pyrrole nitrogens is 1. The quantitative estimate of drug-likeness (QED) is 0.535. The Morgan fingerprint density at radius 1 is 1.07 bits per heavy atom. The van der Waals surface area contributed by atoms with Gasteiger partial charge in [0, 0.05) is 0 Å². The second kappa shape index (κ2) is 7.40. The molecule has 4 aromatic rings. The van der Waals surface area contributed by atoms with E-state index < -0.39 is 5.97 Å². The van der Waals surface area contributed by atoms with Gasteiger partial charge in [-0.05, 0) is 36.4 Å². The summed E-state index contributed by atoms with van der Waals surface area (Å²) in [5, 5.41) is 0.524. The number of carbonyl (C=O) groups is 1. The molecule has 28 heavy (non-hydrogen) atoms. The summed E-state index contributed by atoms with van der Waals surface area (Å²) in [5.41, 5.74) is 1.03. The summed E-state index contributed by atoms with van der Waals surface area (Å²) >= 11 is 0. The number of benzene rings is 2. The van der Waals surface area contributed by atoms with Crippen LogP contribution in [0.15, 0.2) is 69.9 Å². The standard InChI is InChI=1S/C21H16N2O5/c1-26-21(25)18-11-10-13(28-18)12-27-17-9-5-3-7-15(17)19-22-16-8-4-2-6-14(16)20(24)23-19/h2-11H,12H2,1H3,(H,22,23,24). The van der Waals surface area contributed by atoms with Crippen LogP contribution < -0.4 is 10.3 Å². The van der Waals surface area contributed by atoms with E-state index in [1.54, 1.807) is 30.3 Å². The lowest BCUT2D eigenvalue weighted by Crippen LogP contribution is -2.10. The third kappa shape index (κ3) is 3.37. The Morgan fingerprint density at radius 2 is 1.86 bits per heavy atom. The molecule has 0 atom stereocenters. The van der Waals surface area contributed by atoms with E-state index in [1.807, 2.05) is 24.3 Å². The van der Waals surface area contributed by atoms with Crippen LogP contribution in [0.3, 0.4) is 0 Å². The number of hydrogen-bond acceptors (Lipinski definition) is 6. The zero-order valence-electron chi connectivity index (χ0n) is 15.0. The molecule has 0 fully saturated rings. The number of fused-ring (bicyclic) bond motifs is 1. The number of aromatic nitrogens is 2. The molecule has 0 saturated carbocycles. The molecule has 0 aliphatic rings. The van der Waals surface area contributed by atoms with Crippen LogP contribution in [0.4, 0.5) is 0 Å². The minimum atomic E-state index is -0.551. The second-order valence-electron chi connectivity index (χ2n) is 5.97. The van der Waals surface area contributed by atoms with E-state index >= 15 is 0 Å². The van der Waals surface area contributed by atoms with E-state index in [9.17, 15) is 9.59 Å². The highest BCUT2D eigenvalue weighted by atomic mass is 16.5. The SMILES string of the molecule is COC(=O)c1ccc(COc2ccccc2-c2nc3ccccc3c(=O)[nH]2)o1.